The molecule has 2 aliphatic rings. The van der Waals surface area contributed by atoms with E-state index in [1.54, 1.807) is 6.07 Å². The van der Waals surface area contributed by atoms with E-state index in [1.807, 2.05) is 6.07 Å². The van der Waals surface area contributed by atoms with Crippen LogP contribution in [0.5, 0.6) is 0 Å². The second-order valence-electron chi connectivity index (χ2n) is 6.21. The minimum absolute atomic E-state index is 0.165. The van der Waals surface area contributed by atoms with E-state index >= 15 is 0 Å². The molecular weight excluding hydrogens is 239 g/mol. The van der Waals surface area contributed by atoms with E-state index in [2.05, 4.69) is 4.90 Å². The van der Waals surface area contributed by atoms with Crippen LogP contribution < -0.4 is 10.6 Å². The lowest BCUT2D eigenvalue weighted by atomic mass is 9.73. The number of nitrogens with zero attached hydrogens (tertiary/aromatic N) is 1. The van der Waals surface area contributed by atoms with Crippen molar-refractivity contribution in [3.05, 3.63) is 29.6 Å². The Labute approximate surface area is 114 Å². The number of anilines is 1. The average molecular weight is 262 g/mol. The summed E-state index contributed by atoms with van der Waals surface area (Å²) in [5.74, 6) is -0.165. The molecule has 3 heteroatoms. The molecule has 1 aromatic carbocycles. The summed E-state index contributed by atoms with van der Waals surface area (Å²) in [5.41, 5.74) is 7.89. The SMILES string of the molecule is NCc1c(F)cccc1N1CC2(CCCCCC2)C1. The molecule has 0 bridgehead atoms. The quantitative estimate of drug-likeness (QED) is 0.884. The van der Waals surface area contributed by atoms with Gasteiger partial charge in [0.2, 0.25) is 0 Å². The molecule has 1 aliphatic heterocycles. The zero-order chi connectivity index (χ0) is 13.3. The smallest absolute Gasteiger partial charge is 0.129 e. The Balaban J connectivity index is 1.75. The Hall–Kier alpha value is -1.09. The van der Waals surface area contributed by atoms with Crippen LogP contribution in [0.25, 0.3) is 0 Å². The summed E-state index contributed by atoms with van der Waals surface area (Å²) in [5, 5.41) is 0. The van der Waals surface area contributed by atoms with Crippen LogP contribution >= 0.6 is 0 Å². The highest BCUT2D eigenvalue weighted by Gasteiger charge is 2.43. The van der Waals surface area contributed by atoms with Crippen molar-refractivity contribution in [1.29, 1.82) is 0 Å². The van der Waals surface area contributed by atoms with Crippen molar-refractivity contribution in [1.82, 2.24) is 0 Å². The largest absolute Gasteiger partial charge is 0.370 e. The first-order valence-electron chi connectivity index (χ1n) is 7.47. The van der Waals surface area contributed by atoms with Gasteiger partial charge in [0.1, 0.15) is 5.82 Å². The second kappa shape index (κ2) is 5.12. The van der Waals surface area contributed by atoms with Crippen LogP contribution in [0.3, 0.4) is 0 Å². The van der Waals surface area contributed by atoms with Crippen LogP contribution in [0.4, 0.5) is 10.1 Å². The van der Waals surface area contributed by atoms with E-state index < -0.39 is 0 Å². The van der Waals surface area contributed by atoms with Crippen LogP contribution in [-0.4, -0.2) is 13.1 Å². The molecule has 2 fully saturated rings. The summed E-state index contributed by atoms with van der Waals surface area (Å²) in [4.78, 5) is 2.32. The summed E-state index contributed by atoms with van der Waals surface area (Å²) in [6, 6.07) is 5.31. The Morgan fingerprint density at radius 2 is 1.79 bits per heavy atom. The minimum Gasteiger partial charge on any atom is -0.370 e. The molecule has 1 saturated carbocycles. The molecule has 0 aromatic heterocycles. The van der Waals surface area contributed by atoms with Crippen molar-refractivity contribution in [2.24, 2.45) is 11.1 Å². The average Bonchev–Trinajstić information content (AvgIpc) is 2.62. The van der Waals surface area contributed by atoms with Gasteiger partial charge in [0.05, 0.1) is 0 Å². The van der Waals surface area contributed by atoms with Gasteiger partial charge in [0, 0.05) is 36.3 Å². The first-order valence-corrected chi connectivity index (χ1v) is 7.47. The fourth-order valence-corrected chi connectivity index (χ4v) is 3.77. The van der Waals surface area contributed by atoms with Gasteiger partial charge in [0.15, 0.2) is 0 Å². The van der Waals surface area contributed by atoms with Crippen LogP contribution in [0.15, 0.2) is 18.2 Å². The number of rotatable bonds is 2. The minimum atomic E-state index is -0.165. The third-order valence-electron chi connectivity index (χ3n) is 4.86. The number of halogens is 1. The molecule has 1 saturated heterocycles. The van der Waals surface area contributed by atoms with Crippen molar-refractivity contribution >= 4 is 5.69 Å². The third kappa shape index (κ3) is 2.36. The number of hydrogen-bond donors (Lipinski definition) is 1. The van der Waals surface area contributed by atoms with Gasteiger partial charge < -0.3 is 10.6 Å². The number of nitrogens with two attached hydrogens (primary N) is 1. The van der Waals surface area contributed by atoms with Gasteiger partial charge >= 0.3 is 0 Å². The monoisotopic (exact) mass is 262 g/mol. The molecular formula is C16H23FN2. The predicted octanol–water partition coefficient (Wildman–Crippen LogP) is 3.45. The lowest BCUT2D eigenvalue weighted by Crippen LogP contribution is -2.56. The molecule has 104 valence electrons. The molecule has 0 atom stereocenters. The molecule has 0 unspecified atom stereocenters. The zero-order valence-electron chi connectivity index (χ0n) is 11.5. The topological polar surface area (TPSA) is 29.3 Å². The van der Waals surface area contributed by atoms with E-state index in [4.69, 9.17) is 5.73 Å². The first kappa shape index (κ1) is 12.9. The Morgan fingerprint density at radius 3 is 2.42 bits per heavy atom. The van der Waals surface area contributed by atoms with Crippen molar-refractivity contribution in [2.45, 2.75) is 45.1 Å². The van der Waals surface area contributed by atoms with Crippen molar-refractivity contribution in [2.75, 3.05) is 18.0 Å². The molecule has 1 heterocycles. The Bertz CT molecular complexity index is 442. The lowest BCUT2D eigenvalue weighted by molar-refractivity contribution is 0.180. The van der Waals surface area contributed by atoms with Gasteiger partial charge in [-0.15, -0.1) is 0 Å². The maximum absolute atomic E-state index is 13.8. The summed E-state index contributed by atoms with van der Waals surface area (Å²) < 4.78 is 13.8. The summed E-state index contributed by atoms with van der Waals surface area (Å²) in [7, 11) is 0. The Kier molecular flexibility index (Phi) is 3.48. The third-order valence-corrected chi connectivity index (χ3v) is 4.86. The van der Waals surface area contributed by atoms with Crippen LogP contribution in [0.2, 0.25) is 0 Å². The normalized spacial score (nSPS) is 22.1. The lowest BCUT2D eigenvalue weighted by Gasteiger charge is -2.52. The van der Waals surface area contributed by atoms with Crippen LogP contribution in [-0.2, 0) is 6.54 Å². The molecule has 19 heavy (non-hydrogen) atoms. The summed E-state index contributed by atoms with van der Waals surface area (Å²) >= 11 is 0. The molecule has 3 rings (SSSR count). The van der Waals surface area contributed by atoms with Gasteiger partial charge in [-0.05, 0) is 25.0 Å². The maximum atomic E-state index is 13.8. The van der Waals surface area contributed by atoms with Gasteiger partial charge in [-0.25, -0.2) is 4.39 Å². The zero-order valence-corrected chi connectivity index (χ0v) is 11.5. The maximum Gasteiger partial charge on any atom is 0.129 e. The molecule has 2 nitrogen and oxygen atoms in total. The molecule has 2 N–H and O–H groups in total. The highest BCUT2D eigenvalue weighted by molar-refractivity contribution is 5.56. The molecule has 1 aliphatic carbocycles. The summed E-state index contributed by atoms with van der Waals surface area (Å²) in [6.07, 6.45) is 8.18. The van der Waals surface area contributed by atoms with Gasteiger partial charge in [-0.2, -0.15) is 0 Å². The van der Waals surface area contributed by atoms with Crippen molar-refractivity contribution in [3.63, 3.8) is 0 Å². The molecule has 1 aromatic rings. The van der Waals surface area contributed by atoms with E-state index in [-0.39, 0.29) is 12.4 Å². The van der Waals surface area contributed by atoms with Crippen LogP contribution in [0.1, 0.15) is 44.1 Å². The fraction of sp³-hybridized carbons (Fsp3) is 0.625. The van der Waals surface area contributed by atoms with E-state index in [1.165, 1.54) is 44.6 Å². The highest BCUT2D eigenvalue weighted by atomic mass is 19.1. The predicted molar refractivity (Wildman–Crippen MR) is 76.6 cm³/mol. The van der Waals surface area contributed by atoms with Gasteiger partial charge in [-0.1, -0.05) is 31.7 Å². The highest BCUT2D eigenvalue weighted by Crippen LogP contribution is 2.45. The van der Waals surface area contributed by atoms with Crippen LogP contribution in [0, 0.1) is 11.2 Å². The van der Waals surface area contributed by atoms with Gasteiger partial charge in [0.25, 0.3) is 0 Å². The van der Waals surface area contributed by atoms with Crippen molar-refractivity contribution in [3.8, 4) is 0 Å². The van der Waals surface area contributed by atoms with E-state index in [0.717, 1.165) is 18.8 Å². The molecule has 1 spiro atoms. The standard InChI is InChI=1S/C16H23FN2/c17-14-6-5-7-15(13(14)10-18)19-11-16(12-19)8-3-1-2-4-9-16/h5-7H,1-4,8-12,18H2. The first-order chi connectivity index (χ1) is 9.24. The molecule has 0 radical (unpaired) electrons. The number of benzene rings is 1. The van der Waals surface area contributed by atoms with Gasteiger partial charge in [-0.3, -0.25) is 0 Å². The number of hydrogen-bond acceptors (Lipinski definition) is 2. The van der Waals surface area contributed by atoms with E-state index in [9.17, 15) is 4.39 Å². The molecule has 0 amide bonds. The summed E-state index contributed by atoms with van der Waals surface area (Å²) in [6.45, 7) is 2.46. The van der Waals surface area contributed by atoms with Crippen molar-refractivity contribution < 1.29 is 4.39 Å². The Morgan fingerprint density at radius 1 is 1.11 bits per heavy atom. The second-order valence-corrected chi connectivity index (χ2v) is 6.21. The van der Waals surface area contributed by atoms with E-state index in [0.29, 0.717) is 11.0 Å². The fourth-order valence-electron chi connectivity index (χ4n) is 3.77.